The van der Waals surface area contributed by atoms with Gasteiger partial charge in [-0.05, 0) is 42.6 Å². The molecule has 6 rings (SSSR count). The molecule has 0 amide bonds. The third-order valence-electron chi connectivity index (χ3n) is 7.45. The van der Waals surface area contributed by atoms with Crippen molar-refractivity contribution < 1.29 is 28.8 Å². The molecule has 2 saturated heterocycles. The van der Waals surface area contributed by atoms with Gasteiger partial charge in [-0.15, -0.1) is 0 Å². The van der Waals surface area contributed by atoms with Crippen molar-refractivity contribution in [1.82, 2.24) is 5.32 Å². The first kappa shape index (κ1) is 15.7. The molecule has 0 unspecified atom stereocenters. The fourth-order valence-corrected chi connectivity index (χ4v) is 6.61. The van der Waals surface area contributed by atoms with Gasteiger partial charge in [0.15, 0.2) is 11.5 Å². The summed E-state index contributed by atoms with van der Waals surface area (Å²) in [6.45, 7) is 1.09. The molecule has 1 spiro atoms. The molecule has 3 fully saturated rings. The van der Waals surface area contributed by atoms with Gasteiger partial charge in [0.05, 0.1) is 17.7 Å². The fourth-order valence-electron chi connectivity index (χ4n) is 6.61. The van der Waals surface area contributed by atoms with Gasteiger partial charge in [-0.3, -0.25) is 0 Å². The molecule has 2 bridgehead atoms. The van der Waals surface area contributed by atoms with E-state index in [0.29, 0.717) is 6.42 Å². The van der Waals surface area contributed by atoms with Gasteiger partial charge in [0.1, 0.15) is 6.10 Å². The Kier molecular flexibility index (Phi) is 2.84. The molecule has 3 heterocycles. The summed E-state index contributed by atoms with van der Waals surface area (Å²) in [6, 6.07) is 4.15. The molecule has 140 valence electrons. The molecule has 2 aliphatic carbocycles. The molecule has 2 N–H and O–H groups in total. The Morgan fingerprint density at radius 2 is 2.00 bits per heavy atom. The minimum absolute atomic E-state index is 0.138. The monoisotopic (exact) mass is 361 g/mol. The summed E-state index contributed by atoms with van der Waals surface area (Å²) in [5.41, 5.74) is 1.59. The minimum atomic E-state index is -1.04. The van der Waals surface area contributed by atoms with Crippen LogP contribution in [0.5, 0.6) is 11.5 Å². The number of ether oxygens (including phenoxy) is 5. The highest BCUT2D eigenvalue weighted by Crippen LogP contribution is 2.70. The fraction of sp³-hybridized carbons (Fsp3) is 0.684. The smallest absolute Gasteiger partial charge is 0.231 e. The molecule has 0 aromatic heterocycles. The van der Waals surface area contributed by atoms with Crippen LogP contribution < -0.4 is 14.8 Å². The van der Waals surface area contributed by atoms with Gasteiger partial charge in [-0.1, -0.05) is 0 Å². The minimum Gasteiger partial charge on any atom is -0.454 e. The Hall–Kier alpha value is -1.38. The van der Waals surface area contributed by atoms with Crippen LogP contribution in [0.25, 0.3) is 0 Å². The summed E-state index contributed by atoms with van der Waals surface area (Å²) >= 11 is 0. The summed E-state index contributed by atoms with van der Waals surface area (Å²) < 4.78 is 29.6. The third kappa shape index (κ3) is 1.41. The first-order valence-corrected chi connectivity index (χ1v) is 9.24. The Labute approximate surface area is 151 Å². The lowest BCUT2D eigenvalue weighted by molar-refractivity contribution is -0.327. The SMILES string of the molecule is CO[C@H]1[C@@H](O)C[C@]23CCN[C@@]24C[C@H](O[C@@]14OC)c1cc2c(cc13)OCO2. The topological polar surface area (TPSA) is 78.4 Å². The van der Waals surface area contributed by atoms with E-state index in [0.717, 1.165) is 36.4 Å². The van der Waals surface area contributed by atoms with E-state index < -0.39 is 23.5 Å². The van der Waals surface area contributed by atoms with Gasteiger partial charge < -0.3 is 34.1 Å². The average Bonchev–Trinajstić information content (AvgIpc) is 3.32. The Balaban J connectivity index is 1.66. The Morgan fingerprint density at radius 3 is 2.77 bits per heavy atom. The molecule has 1 aromatic rings. The van der Waals surface area contributed by atoms with Crippen LogP contribution >= 0.6 is 0 Å². The number of hydrogen-bond donors (Lipinski definition) is 2. The first-order valence-electron chi connectivity index (χ1n) is 9.24. The maximum absolute atomic E-state index is 11.0. The van der Waals surface area contributed by atoms with Crippen molar-refractivity contribution in [2.45, 2.75) is 54.3 Å². The van der Waals surface area contributed by atoms with Crippen molar-refractivity contribution in [2.24, 2.45) is 0 Å². The summed E-state index contributed by atoms with van der Waals surface area (Å²) in [5, 5.41) is 14.7. The van der Waals surface area contributed by atoms with E-state index in [9.17, 15) is 5.11 Å². The molecule has 26 heavy (non-hydrogen) atoms. The molecule has 7 heteroatoms. The predicted octanol–water partition coefficient (Wildman–Crippen LogP) is 0.983. The van der Waals surface area contributed by atoms with Gasteiger partial charge in [-0.2, -0.15) is 0 Å². The number of rotatable bonds is 2. The first-order chi connectivity index (χ1) is 12.6. The quantitative estimate of drug-likeness (QED) is 0.813. The van der Waals surface area contributed by atoms with Crippen molar-refractivity contribution in [3.05, 3.63) is 23.3 Å². The molecule has 7 nitrogen and oxygen atoms in total. The lowest BCUT2D eigenvalue weighted by atomic mass is 9.51. The number of nitrogens with one attached hydrogen (secondary N) is 1. The standard InChI is InChI=1S/C19H23NO6/c1-22-16-12(21)7-17-3-4-20-18(17)8-15(26-19(16,18)23-2)10-5-13-14(6-11(10)17)25-9-24-13/h5-6,12,15-16,20-21H,3-4,7-9H2,1-2H3/t12-,15-,16-,17-,18-,19-/m0/s1. The van der Waals surface area contributed by atoms with Crippen molar-refractivity contribution in [2.75, 3.05) is 27.6 Å². The van der Waals surface area contributed by atoms with Crippen LogP contribution in [0.2, 0.25) is 0 Å². The van der Waals surface area contributed by atoms with Crippen LogP contribution in [0.3, 0.4) is 0 Å². The van der Waals surface area contributed by atoms with E-state index in [2.05, 4.69) is 17.4 Å². The zero-order valence-electron chi connectivity index (χ0n) is 14.9. The van der Waals surface area contributed by atoms with Crippen LogP contribution in [-0.4, -0.2) is 56.2 Å². The molecule has 6 atom stereocenters. The summed E-state index contributed by atoms with van der Waals surface area (Å²) in [6.07, 6.45) is 0.940. The molecule has 1 aromatic carbocycles. The summed E-state index contributed by atoms with van der Waals surface area (Å²) in [7, 11) is 3.27. The number of methoxy groups -OCH3 is 2. The highest BCUT2D eigenvalue weighted by atomic mass is 16.7. The Morgan fingerprint density at radius 1 is 1.19 bits per heavy atom. The van der Waals surface area contributed by atoms with Gasteiger partial charge in [0.2, 0.25) is 12.6 Å². The van der Waals surface area contributed by atoms with E-state index in [4.69, 9.17) is 23.7 Å². The zero-order chi connectivity index (χ0) is 17.7. The number of benzene rings is 1. The van der Waals surface area contributed by atoms with Crippen molar-refractivity contribution in [3.63, 3.8) is 0 Å². The van der Waals surface area contributed by atoms with E-state index in [1.165, 1.54) is 5.56 Å². The number of aliphatic hydroxyl groups excluding tert-OH is 1. The lowest BCUT2D eigenvalue weighted by Crippen LogP contribution is -2.77. The van der Waals surface area contributed by atoms with Gasteiger partial charge in [0, 0.05) is 26.1 Å². The number of fused-ring (bicyclic) bond motifs is 4. The predicted molar refractivity (Wildman–Crippen MR) is 89.2 cm³/mol. The van der Waals surface area contributed by atoms with Crippen LogP contribution in [0.15, 0.2) is 12.1 Å². The normalized spacial score (nSPS) is 47.0. The molecular formula is C19H23NO6. The average molecular weight is 361 g/mol. The summed E-state index contributed by atoms with van der Waals surface area (Å²) in [5.74, 6) is 0.498. The highest BCUT2D eigenvalue weighted by Gasteiger charge is 2.80. The molecular weight excluding hydrogens is 338 g/mol. The van der Waals surface area contributed by atoms with E-state index in [1.54, 1.807) is 14.2 Å². The molecule has 3 aliphatic heterocycles. The largest absolute Gasteiger partial charge is 0.454 e. The van der Waals surface area contributed by atoms with Crippen molar-refractivity contribution in [1.29, 1.82) is 0 Å². The zero-order valence-corrected chi connectivity index (χ0v) is 14.9. The van der Waals surface area contributed by atoms with E-state index in [1.807, 2.05) is 0 Å². The van der Waals surface area contributed by atoms with Gasteiger partial charge in [0.25, 0.3) is 0 Å². The van der Waals surface area contributed by atoms with Crippen LogP contribution in [0.1, 0.15) is 36.5 Å². The van der Waals surface area contributed by atoms with E-state index >= 15 is 0 Å². The lowest BCUT2D eigenvalue weighted by Gasteiger charge is -2.59. The van der Waals surface area contributed by atoms with Crippen molar-refractivity contribution in [3.8, 4) is 11.5 Å². The second-order valence-corrected chi connectivity index (χ2v) is 8.07. The van der Waals surface area contributed by atoms with Crippen LogP contribution in [0.4, 0.5) is 0 Å². The van der Waals surface area contributed by atoms with Crippen LogP contribution in [0, 0.1) is 0 Å². The second-order valence-electron chi connectivity index (χ2n) is 8.07. The van der Waals surface area contributed by atoms with Crippen molar-refractivity contribution >= 4 is 0 Å². The maximum atomic E-state index is 11.0. The number of aliphatic hydroxyl groups is 1. The Bertz CT molecular complexity index is 800. The molecule has 5 aliphatic rings. The highest BCUT2D eigenvalue weighted by molar-refractivity contribution is 5.58. The summed E-state index contributed by atoms with van der Waals surface area (Å²) in [4.78, 5) is 0. The van der Waals surface area contributed by atoms with Crippen LogP contribution in [-0.2, 0) is 19.6 Å². The third-order valence-corrected chi connectivity index (χ3v) is 7.45. The molecule has 1 saturated carbocycles. The van der Waals surface area contributed by atoms with E-state index in [-0.39, 0.29) is 18.3 Å². The number of hydrogen-bond acceptors (Lipinski definition) is 7. The second kappa shape index (κ2) is 4.72. The van der Waals surface area contributed by atoms with Gasteiger partial charge in [-0.25, -0.2) is 0 Å². The van der Waals surface area contributed by atoms with Gasteiger partial charge >= 0.3 is 0 Å². The maximum Gasteiger partial charge on any atom is 0.231 e. The molecule has 0 radical (unpaired) electrons.